The number of aromatic carboxylic acids is 1. The van der Waals surface area contributed by atoms with Crippen molar-refractivity contribution in [2.24, 2.45) is 0 Å². The van der Waals surface area contributed by atoms with E-state index in [9.17, 15) is 4.79 Å². The number of methoxy groups -OCH3 is 1. The Balaban J connectivity index is 3.68. The fourth-order valence-electron chi connectivity index (χ4n) is 1.49. The van der Waals surface area contributed by atoms with Gasteiger partial charge < -0.3 is 9.84 Å². The second-order valence-electron chi connectivity index (χ2n) is 3.27. The molecule has 18 heavy (non-hydrogen) atoms. The molecule has 0 unspecified atom stereocenters. The van der Waals surface area contributed by atoms with Crippen molar-refractivity contribution >= 4 is 29.4 Å². The minimum atomic E-state index is -1.16. The summed E-state index contributed by atoms with van der Waals surface area (Å²) in [6.07, 6.45) is 3.33. The lowest BCUT2D eigenvalue weighted by Crippen LogP contribution is -2.07. The number of carboxylic acid groups (broad SMARTS) is 1. The van der Waals surface area contributed by atoms with Gasteiger partial charge in [-0.2, -0.15) is 0 Å². The quantitative estimate of drug-likeness (QED) is 0.516. The SMILES string of the molecule is C=C=C(OC)c1cc(Cl)nc(C(=O)O)c1C=CC. The summed E-state index contributed by atoms with van der Waals surface area (Å²) in [5, 5.41) is 9.20. The Hall–Kier alpha value is -2.03. The van der Waals surface area contributed by atoms with Crippen LogP contribution in [0.15, 0.2) is 24.5 Å². The third-order valence-corrected chi connectivity index (χ3v) is 2.37. The van der Waals surface area contributed by atoms with Gasteiger partial charge in [0.25, 0.3) is 0 Å². The minimum absolute atomic E-state index is 0.0699. The molecule has 0 amide bonds. The lowest BCUT2D eigenvalue weighted by atomic mass is 10.0. The summed E-state index contributed by atoms with van der Waals surface area (Å²) in [5.74, 6) is -0.846. The molecule has 1 heterocycles. The first-order valence-electron chi connectivity index (χ1n) is 5.06. The van der Waals surface area contributed by atoms with Crippen LogP contribution in [0.25, 0.3) is 11.8 Å². The second-order valence-corrected chi connectivity index (χ2v) is 3.66. The lowest BCUT2D eigenvalue weighted by Gasteiger charge is -2.10. The maximum absolute atomic E-state index is 11.2. The molecule has 0 aliphatic heterocycles. The zero-order valence-electron chi connectivity index (χ0n) is 10.0. The average Bonchev–Trinajstić information content (AvgIpc) is 2.33. The molecule has 0 aromatic carbocycles. The predicted octanol–water partition coefficient (Wildman–Crippen LogP) is 3.24. The topological polar surface area (TPSA) is 59.4 Å². The first kappa shape index (κ1) is 14.0. The van der Waals surface area contributed by atoms with Crippen LogP contribution in [0.2, 0.25) is 5.15 Å². The van der Waals surface area contributed by atoms with Crippen LogP contribution in [0.3, 0.4) is 0 Å². The molecule has 0 aliphatic rings. The van der Waals surface area contributed by atoms with Gasteiger partial charge in [-0.3, -0.25) is 0 Å². The van der Waals surface area contributed by atoms with Crippen LogP contribution < -0.4 is 0 Å². The molecule has 0 atom stereocenters. The number of allylic oxidation sites excluding steroid dienone is 1. The molecule has 0 saturated carbocycles. The fourth-order valence-corrected chi connectivity index (χ4v) is 1.68. The maximum atomic E-state index is 11.2. The Morgan fingerprint density at radius 1 is 1.67 bits per heavy atom. The number of nitrogens with zero attached hydrogens (tertiary/aromatic N) is 1. The molecule has 0 saturated heterocycles. The highest BCUT2D eigenvalue weighted by Crippen LogP contribution is 2.26. The highest BCUT2D eigenvalue weighted by atomic mass is 35.5. The van der Waals surface area contributed by atoms with Crippen molar-refractivity contribution in [2.45, 2.75) is 6.92 Å². The number of ether oxygens (including phenoxy) is 1. The van der Waals surface area contributed by atoms with E-state index in [1.54, 1.807) is 19.1 Å². The number of aromatic nitrogens is 1. The Bertz CT molecular complexity index is 558. The zero-order valence-corrected chi connectivity index (χ0v) is 10.8. The number of rotatable bonds is 4. The predicted molar refractivity (Wildman–Crippen MR) is 70.5 cm³/mol. The molecule has 1 aromatic rings. The van der Waals surface area contributed by atoms with Gasteiger partial charge in [0.1, 0.15) is 5.15 Å². The Kier molecular flexibility index (Phi) is 4.72. The molecule has 0 spiro atoms. The summed E-state index contributed by atoms with van der Waals surface area (Å²) in [4.78, 5) is 15.0. The number of pyridine rings is 1. The largest absolute Gasteiger partial charge is 0.489 e. The first-order chi connectivity index (χ1) is 8.54. The normalized spacial score (nSPS) is 10.2. The number of hydrogen-bond acceptors (Lipinski definition) is 3. The van der Waals surface area contributed by atoms with Crippen molar-refractivity contribution in [1.29, 1.82) is 0 Å². The van der Waals surface area contributed by atoms with Crippen LogP contribution in [0.5, 0.6) is 0 Å². The van der Waals surface area contributed by atoms with Crippen molar-refractivity contribution in [3.63, 3.8) is 0 Å². The van der Waals surface area contributed by atoms with Gasteiger partial charge in [0.15, 0.2) is 11.5 Å². The Labute approximate surface area is 110 Å². The van der Waals surface area contributed by atoms with Gasteiger partial charge in [0.05, 0.1) is 7.11 Å². The number of carbonyl (C=O) groups is 1. The van der Waals surface area contributed by atoms with E-state index >= 15 is 0 Å². The highest BCUT2D eigenvalue weighted by Gasteiger charge is 2.18. The van der Waals surface area contributed by atoms with E-state index in [0.717, 1.165) is 0 Å². The van der Waals surface area contributed by atoms with E-state index < -0.39 is 5.97 Å². The molecular formula is C13H12ClNO3. The fraction of sp³-hybridized carbons (Fsp3) is 0.154. The third-order valence-electron chi connectivity index (χ3n) is 2.17. The summed E-state index contributed by atoms with van der Waals surface area (Å²) in [7, 11) is 1.45. The highest BCUT2D eigenvalue weighted by molar-refractivity contribution is 6.29. The van der Waals surface area contributed by atoms with Crippen molar-refractivity contribution < 1.29 is 14.6 Å². The van der Waals surface area contributed by atoms with Crippen molar-refractivity contribution in [3.8, 4) is 0 Å². The smallest absolute Gasteiger partial charge is 0.355 e. The van der Waals surface area contributed by atoms with E-state index in [2.05, 4.69) is 17.3 Å². The molecule has 94 valence electrons. The molecule has 1 rings (SSSR count). The van der Waals surface area contributed by atoms with Crippen LogP contribution in [-0.4, -0.2) is 23.2 Å². The molecule has 0 fully saturated rings. The molecular weight excluding hydrogens is 254 g/mol. The zero-order chi connectivity index (χ0) is 13.7. The van der Waals surface area contributed by atoms with E-state index in [0.29, 0.717) is 16.9 Å². The second kappa shape index (κ2) is 6.05. The summed E-state index contributed by atoms with van der Waals surface area (Å²) in [5.41, 5.74) is 3.35. The van der Waals surface area contributed by atoms with Gasteiger partial charge in [-0.1, -0.05) is 36.1 Å². The van der Waals surface area contributed by atoms with Gasteiger partial charge >= 0.3 is 5.97 Å². The molecule has 1 N–H and O–H groups in total. The maximum Gasteiger partial charge on any atom is 0.355 e. The van der Waals surface area contributed by atoms with Gasteiger partial charge in [-0.25, -0.2) is 9.78 Å². The van der Waals surface area contributed by atoms with Crippen LogP contribution in [0, 0.1) is 0 Å². The Morgan fingerprint density at radius 3 is 2.78 bits per heavy atom. The van der Waals surface area contributed by atoms with E-state index in [4.69, 9.17) is 21.4 Å². The summed E-state index contributed by atoms with van der Waals surface area (Å²) in [6, 6.07) is 1.51. The molecule has 0 radical (unpaired) electrons. The average molecular weight is 266 g/mol. The number of halogens is 1. The number of carboxylic acids is 1. The van der Waals surface area contributed by atoms with E-state index in [-0.39, 0.29) is 10.8 Å². The standard InChI is InChI=1S/C13H12ClNO3/c1-4-6-8-9(10(5-2)18-3)7-11(14)15-12(8)13(16)17/h4,6-7H,2H2,1,3H3,(H,16,17). The van der Waals surface area contributed by atoms with E-state index in [1.807, 2.05) is 0 Å². The number of hydrogen-bond donors (Lipinski definition) is 1. The van der Waals surface area contributed by atoms with Crippen LogP contribution >= 0.6 is 11.6 Å². The van der Waals surface area contributed by atoms with Crippen LogP contribution in [0.4, 0.5) is 0 Å². The van der Waals surface area contributed by atoms with Gasteiger partial charge in [0, 0.05) is 11.1 Å². The Morgan fingerprint density at radius 2 is 2.33 bits per heavy atom. The first-order valence-corrected chi connectivity index (χ1v) is 5.43. The lowest BCUT2D eigenvalue weighted by molar-refractivity contribution is 0.0690. The third kappa shape index (κ3) is 2.80. The van der Waals surface area contributed by atoms with E-state index in [1.165, 1.54) is 13.2 Å². The van der Waals surface area contributed by atoms with Crippen molar-refractivity contribution in [1.82, 2.24) is 4.98 Å². The van der Waals surface area contributed by atoms with Gasteiger partial charge in [-0.15, -0.1) is 0 Å². The summed E-state index contributed by atoms with van der Waals surface area (Å²) >= 11 is 5.81. The molecule has 5 heteroatoms. The molecule has 0 bridgehead atoms. The molecule has 4 nitrogen and oxygen atoms in total. The van der Waals surface area contributed by atoms with Gasteiger partial charge in [-0.05, 0) is 13.0 Å². The molecule has 1 aromatic heterocycles. The summed E-state index contributed by atoms with van der Waals surface area (Å²) < 4.78 is 5.09. The van der Waals surface area contributed by atoms with Crippen molar-refractivity contribution in [3.05, 3.63) is 46.4 Å². The molecule has 0 aliphatic carbocycles. The van der Waals surface area contributed by atoms with Crippen LogP contribution in [-0.2, 0) is 4.74 Å². The monoisotopic (exact) mass is 265 g/mol. The van der Waals surface area contributed by atoms with Crippen molar-refractivity contribution in [2.75, 3.05) is 7.11 Å². The minimum Gasteiger partial charge on any atom is -0.489 e. The summed E-state index contributed by atoms with van der Waals surface area (Å²) in [6.45, 7) is 5.26. The van der Waals surface area contributed by atoms with Gasteiger partial charge in [0.2, 0.25) is 0 Å². The van der Waals surface area contributed by atoms with Crippen LogP contribution in [0.1, 0.15) is 28.5 Å².